The van der Waals surface area contributed by atoms with Crippen molar-refractivity contribution < 1.29 is 4.79 Å². The molecule has 1 aromatic carbocycles. The van der Waals surface area contributed by atoms with Crippen molar-refractivity contribution >= 4 is 12.0 Å². The summed E-state index contributed by atoms with van der Waals surface area (Å²) in [5, 5.41) is 3.34. The highest BCUT2D eigenvalue weighted by Crippen LogP contribution is 2.32. The van der Waals surface area contributed by atoms with Crippen LogP contribution in [-0.2, 0) is 4.79 Å². The van der Waals surface area contributed by atoms with E-state index in [0.29, 0.717) is 0 Å². The molecule has 0 aliphatic carbocycles. The fraction of sp³-hybridized carbons (Fsp3) is 0.364. The van der Waals surface area contributed by atoms with Gasteiger partial charge in [0.1, 0.15) is 6.29 Å². The van der Waals surface area contributed by atoms with Crippen molar-refractivity contribution in [3.8, 4) is 0 Å². The Bertz CT molecular complexity index is 333. The molecule has 2 nitrogen and oxygen atoms in total. The molecule has 1 aromatic rings. The molecular weight excluding hydrogens is 162 g/mol. The standard InChI is InChI=1S/C11H13NO/c1-8-3-2-4-10-9(7-13)5-6-12-11(8)10/h2-4,7,9,12H,5-6H2,1H3. The van der Waals surface area contributed by atoms with Crippen LogP contribution in [0, 0.1) is 6.92 Å². The summed E-state index contributed by atoms with van der Waals surface area (Å²) in [6.07, 6.45) is 1.97. The van der Waals surface area contributed by atoms with Gasteiger partial charge in [-0.25, -0.2) is 0 Å². The first-order valence-corrected chi connectivity index (χ1v) is 4.61. The average molecular weight is 175 g/mol. The maximum absolute atomic E-state index is 10.8. The van der Waals surface area contributed by atoms with Gasteiger partial charge >= 0.3 is 0 Å². The number of anilines is 1. The number of hydrogen-bond acceptors (Lipinski definition) is 2. The summed E-state index contributed by atoms with van der Waals surface area (Å²) in [7, 11) is 0. The molecular formula is C11H13NO. The molecule has 1 atom stereocenters. The van der Waals surface area contributed by atoms with Crippen LogP contribution >= 0.6 is 0 Å². The van der Waals surface area contributed by atoms with E-state index in [1.807, 2.05) is 12.1 Å². The Morgan fingerprint density at radius 3 is 3.15 bits per heavy atom. The molecule has 0 bridgehead atoms. The van der Waals surface area contributed by atoms with Crippen LogP contribution in [0.5, 0.6) is 0 Å². The van der Waals surface area contributed by atoms with Gasteiger partial charge in [-0.05, 0) is 24.5 Å². The van der Waals surface area contributed by atoms with E-state index >= 15 is 0 Å². The van der Waals surface area contributed by atoms with Crippen LogP contribution in [0.4, 0.5) is 5.69 Å². The molecule has 1 N–H and O–H groups in total. The molecule has 0 amide bonds. The summed E-state index contributed by atoms with van der Waals surface area (Å²) in [5.41, 5.74) is 3.54. The lowest BCUT2D eigenvalue weighted by Crippen LogP contribution is -2.18. The number of carbonyl (C=O) groups is 1. The summed E-state index contributed by atoms with van der Waals surface area (Å²) in [6.45, 7) is 2.97. The third-order valence-electron chi connectivity index (χ3n) is 2.63. The van der Waals surface area contributed by atoms with Gasteiger partial charge < -0.3 is 10.1 Å². The third kappa shape index (κ3) is 1.32. The molecule has 13 heavy (non-hydrogen) atoms. The number of hydrogen-bond donors (Lipinski definition) is 1. The lowest BCUT2D eigenvalue weighted by atomic mass is 9.90. The molecule has 68 valence electrons. The second kappa shape index (κ2) is 3.21. The highest BCUT2D eigenvalue weighted by molar-refractivity contribution is 5.71. The highest BCUT2D eigenvalue weighted by Gasteiger charge is 2.19. The zero-order valence-electron chi connectivity index (χ0n) is 7.71. The first kappa shape index (κ1) is 8.30. The van der Waals surface area contributed by atoms with Gasteiger partial charge in [-0.3, -0.25) is 0 Å². The molecule has 0 fully saturated rings. The number of para-hydroxylation sites is 1. The SMILES string of the molecule is Cc1cccc2c1NCCC2C=O. The molecule has 2 heteroatoms. The number of benzene rings is 1. The quantitative estimate of drug-likeness (QED) is 0.662. The van der Waals surface area contributed by atoms with Crippen molar-refractivity contribution in [3.05, 3.63) is 29.3 Å². The minimum Gasteiger partial charge on any atom is -0.385 e. The van der Waals surface area contributed by atoms with E-state index in [1.165, 1.54) is 5.56 Å². The molecule has 0 saturated carbocycles. The molecule has 1 heterocycles. The van der Waals surface area contributed by atoms with Gasteiger partial charge in [0, 0.05) is 18.2 Å². The van der Waals surface area contributed by atoms with E-state index in [2.05, 4.69) is 18.3 Å². The van der Waals surface area contributed by atoms with Crippen molar-refractivity contribution in [2.75, 3.05) is 11.9 Å². The predicted octanol–water partition coefficient (Wildman–Crippen LogP) is 2.09. The van der Waals surface area contributed by atoms with Gasteiger partial charge in [-0.15, -0.1) is 0 Å². The Kier molecular flexibility index (Phi) is 2.05. The summed E-state index contributed by atoms with van der Waals surface area (Å²) in [4.78, 5) is 10.8. The van der Waals surface area contributed by atoms with Crippen molar-refractivity contribution in [1.29, 1.82) is 0 Å². The van der Waals surface area contributed by atoms with E-state index in [4.69, 9.17) is 0 Å². The molecule has 0 radical (unpaired) electrons. The van der Waals surface area contributed by atoms with Crippen molar-refractivity contribution in [1.82, 2.24) is 0 Å². The van der Waals surface area contributed by atoms with Gasteiger partial charge in [-0.2, -0.15) is 0 Å². The number of fused-ring (bicyclic) bond motifs is 1. The Hall–Kier alpha value is -1.31. The Morgan fingerprint density at radius 2 is 2.38 bits per heavy atom. The number of aldehydes is 1. The summed E-state index contributed by atoms with van der Waals surface area (Å²) in [6, 6.07) is 6.12. The normalized spacial score (nSPS) is 20.2. The third-order valence-corrected chi connectivity index (χ3v) is 2.63. The molecule has 0 aromatic heterocycles. The highest BCUT2D eigenvalue weighted by atomic mass is 16.1. The predicted molar refractivity (Wildman–Crippen MR) is 53.1 cm³/mol. The summed E-state index contributed by atoms with van der Waals surface area (Å²) in [5.74, 6) is 0.0937. The van der Waals surface area contributed by atoms with Gasteiger partial charge in [0.25, 0.3) is 0 Å². The number of rotatable bonds is 1. The smallest absolute Gasteiger partial charge is 0.127 e. The van der Waals surface area contributed by atoms with Gasteiger partial charge in [0.05, 0.1) is 0 Å². The number of aryl methyl sites for hydroxylation is 1. The van der Waals surface area contributed by atoms with E-state index in [0.717, 1.165) is 30.5 Å². The Balaban J connectivity index is 2.51. The van der Waals surface area contributed by atoms with E-state index in [9.17, 15) is 4.79 Å². The molecule has 0 spiro atoms. The second-order valence-corrected chi connectivity index (χ2v) is 3.50. The van der Waals surface area contributed by atoms with Crippen LogP contribution < -0.4 is 5.32 Å². The van der Waals surface area contributed by atoms with Crippen LogP contribution in [-0.4, -0.2) is 12.8 Å². The molecule has 1 aliphatic rings. The van der Waals surface area contributed by atoms with Gasteiger partial charge in [0.2, 0.25) is 0 Å². The second-order valence-electron chi connectivity index (χ2n) is 3.50. The average Bonchev–Trinajstić information content (AvgIpc) is 2.18. The zero-order valence-corrected chi connectivity index (χ0v) is 7.71. The Labute approximate surface area is 78.0 Å². The molecule has 0 saturated heterocycles. The fourth-order valence-corrected chi connectivity index (χ4v) is 1.89. The van der Waals surface area contributed by atoms with E-state index < -0.39 is 0 Å². The zero-order chi connectivity index (χ0) is 9.26. The van der Waals surface area contributed by atoms with Crippen molar-refractivity contribution in [2.24, 2.45) is 0 Å². The monoisotopic (exact) mass is 175 g/mol. The van der Waals surface area contributed by atoms with E-state index in [1.54, 1.807) is 0 Å². The maximum atomic E-state index is 10.8. The van der Waals surface area contributed by atoms with Crippen LogP contribution in [0.2, 0.25) is 0 Å². The minimum atomic E-state index is 0.0937. The summed E-state index contributed by atoms with van der Waals surface area (Å²) < 4.78 is 0. The van der Waals surface area contributed by atoms with Gasteiger partial charge in [0.15, 0.2) is 0 Å². The molecule has 1 aliphatic heterocycles. The Morgan fingerprint density at radius 1 is 1.54 bits per heavy atom. The number of nitrogens with one attached hydrogen (secondary N) is 1. The first-order valence-electron chi connectivity index (χ1n) is 4.61. The topological polar surface area (TPSA) is 29.1 Å². The van der Waals surface area contributed by atoms with E-state index in [-0.39, 0.29) is 5.92 Å². The molecule has 1 unspecified atom stereocenters. The fourth-order valence-electron chi connectivity index (χ4n) is 1.89. The van der Waals surface area contributed by atoms with Crippen LogP contribution in [0.25, 0.3) is 0 Å². The minimum absolute atomic E-state index is 0.0937. The lowest BCUT2D eigenvalue weighted by Gasteiger charge is -2.24. The van der Waals surface area contributed by atoms with Crippen LogP contribution in [0.3, 0.4) is 0 Å². The van der Waals surface area contributed by atoms with Crippen molar-refractivity contribution in [2.45, 2.75) is 19.3 Å². The largest absolute Gasteiger partial charge is 0.385 e. The lowest BCUT2D eigenvalue weighted by molar-refractivity contribution is -0.109. The van der Waals surface area contributed by atoms with Crippen LogP contribution in [0.15, 0.2) is 18.2 Å². The van der Waals surface area contributed by atoms with Crippen molar-refractivity contribution in [3.63, 3.8) is 0 Å². The maximum Gasteiger partial charge on any atom is 0.127 e. The van der Waals surface area contributed by atoms with Crippen LogP contribution in [0.1, 0.15) is 23.5 Å². The first-order chi connectivity index (χ1) is 6.33. The van der Waals surface area contributed by atoms with Gasteiger partial charge in [-0.1, -0.05) is 18.2 Å². The molecule has 2 rings (SSSR count). The summed E-state index contributed by atoms with van der Waals surface area (Å²) >= 11 is 0. The number of carbonyl (C=O) groups excluding carboxylic acids is 1.